The second kappa shape index (κ2) is 7.03. The lowest BCUT2D eigenvalue weighted by atomic mass is 10.4. The Kier molecular flexibility index (Phi) is 6.98. The van der Waals surface area contributed by atoms with Crippen LogP contribution in [0.3, 0.4) is 0 Å². The van der Waals surface area contributed by atoms with Gasteiger partial charge in [0.1, 0.15) is 0 Å². The zero-order valence-corrected chi connectivity index (χ0v) is 6.97. The Morgan fingerprint density at radius 2 is 2.10 bits per heavy atom. The van der Waals surface area contributed by atoms with Crippen molar-refractivity contribution in [2.45, 2.75) is 39.2 Å². The third-order valence-electron chi connectivity index (χ3n) is 1.37. The quantitative estimate of drug-likeness (QED) is 0.613. The molecule has 1 rings (SSSR count). The van der Waals surface area contributed by atoms with Crippen LogP contribution in [0.25, 0.3) is 0 Å². The summed E-state index contributed by atoms with van der Waals surface area (Å²) in [5.74, 6) is 0. The molecule has 0 aliphatic carbocycles. The van der Waals surface area contributed by atoms with Crippen molar-refractivity contribution >= 4 is 0 Å². The van der Waals surface area contributed by atoms with Crippen LogP contribution in [0.5, 0.6) is 0 Å². The Hall–Kier alpha value is -0.0800. The summed E-state index contributed by atoms with van der Waals surface area (Å²) in [5.41, 5.74) is 0. The first-order chi connectivity index (χ1) is 4.85. The molecule has 1 unspecified atom stereocenters. The van der Waals surface area contributed by atoms with Crippen molar-refractivity contribution in [3.05, 3.63) is 0 Å². The van der Waals surface area contributed by atoms with Gasteiger partial charge in [0, 0.05) is 6.61 Å². The van der Waals surface area contributed by atoms with Crippen LogP contribution in [0.2, 0.25) is 0 Å². The number of ether oxygens (including phenoxy) is 1. The molecule has 62 valence electrons. The summed E-state index contributed by atoms with van der Waals surface area (Å²) < 4.78 is 4.86. The highest BCUT2D eigenvalue weighted by Gasteiger charge is 2.18. The lowest BCUT2D eigenvalue weighted by Crippen LogP contribution is -1.75. The number of aliphatic hydroxyl groups is 1. The van der Waals surface area contributed by atoms with Gasteiger partial charge < -0.3 is 9.84 Å². The number of hydrogen-bond acceptors (Lipinski definition) is 2. The number of epoxide rings is 1. The highest BCUT2D eigenvalue weighted by molar-refractivity contribution is 4.64. The predicted octanol–water partition coefficient (Wildman–Crippen LogP) is 1.57. The number of unbranched alkanes of at least 4 members (excludes halogenated alkanes) is 1. The Morgan fingerprint density at radius 3 is 2.10 bits per heavy atom. The second-order valence-corrected chi connectivity index (χ2v) is 2.44. The third-order valence-corrected chi connectivity index (χ3v) is 1.37. The highest BCUT2D eigenvalue weighted by atomic mass is 16.6. The summed E-state index contributed by atoms with van der Waals surface area (Å²) in [6, 6.07) is 0. The van der Waals surface area contributed by atoms with Gasteiger partial charge in [-0.25, -0.2) is 0 Å². The van der Waals surface area contributed by atoms with Crippen LogP contribution in [-0.2, 0) is 4.74 Å². The number of hydrogen-bond donors (Lipinski definition) is 1. The predicted molar refractivity (Wildman–Crippen MR) is 42.0 cm³/mol. The van der Waals surface area contributed by atoms with Crippen LogP contribution < -0.4 is 0 Å². The van der Waals surface area contributed by atoms with E-state index < -0.39 is 0 Å². The average molecular weight is 146 g/mol. The van der Waals surface area contributed by atoms with E-state index in [1.165, 1.54) is 6.42 Å². The molecule has 0 amide bonds. The van der Waals surface area contributed by atoms with E-state index >= 15 is 0 Å². The average Bonchev–Trinajstić information content (AvgIpc) is 2.72. The molecular formula is C8H18O2. The lowest BCUT2D eigenvalue weighted by molar-refractivity contribution is 0.287. The molecule has 1 aliphatic heterocycles. The van der Waals surface area contributed by atoms with E-state index in [0.717, 1.165) is 19.4 Å². The molecule has 1 aliphatic rings. The van der Waals surface area contributed by atoms with Crippen molar-refractivity contribution in [3.8, 4) is 0 Å². The Bertz CT molecular complexity index is 58.3. The molecule has 1 heterocycles. The van der Waals surface area contributed by atoms with E-state index in [2.05, 4.69) is 13.8 Å². The summed E-state index contributed by atoms with van der Waals surface area (Å²) in [4.78, 5) is 0. The van der Waals surface area contributed by atoms with Gasteiger partial charge >= 0.3 is 0 Å². The van der Waals surface area contributed by atoms with Crippen LogP contribution in [0.4, 0.5) is 0 Å². The molecule has 0 aromatic rings. The van der Waals surface area contributed by atoms with Crippen molar-refractivity contribution in [2.24, 2.45) is 0 Å². The minimum absolute atomic E-state index is 0.344. The Morgan fingerprint density at radius 1 is 1.50 bits per heavy atom. The molecule has 0 saturated carbocycles. The van der Waals surface area contributed by atoms with Gasteiger partial charge in [0.15, 0.2) is 0 Å². The van der Waals surface area contributed by atoms with Crippen molar-refractivity contribution in [3.63, 3.8) is 0 Å². The standard InChI is InChI=1S/C4H8O.C4H10O/c1-2-4-3-5-4;1-2-3-4-5/h4H,2-3H2,1H3;5H,2-4H2,1H3. The summed E-state index contributed by atoms with van der Waals surface area (Å²) >= 11 is 0. The zero-order chi connectivity index (χ0) is 7.82. The molecule has 1 N–H and O–H groups in total. The van der Waals surface area contributed by atoms with E-state index in [-0.39, 0.29) is 0 Å². The normalized spacial score (nSPS) is 21.3. The van der Waals surface area contributed by atoms with Gasteiger partial charge in [-0.2, -0.15) is 0 Å². The second-order valence-electron chi connectivity index (χ2n) is 2.44. The summed E-state index contributed by atoms with van der Waals surface area (Å²) in [6.45, 7) is 5.54. The minimum atomic E-state index is 0.344. The zero-order valence-electron chi connectivity index (χ0n) is 6.97. The largest absolute Gasteiger partial charge is 0.396 e. The molecule has 1 fully saturated rings. The van der Waals surface area contributed by atoms with Crippen molar-refractivity contribution in [1.29, 1.82) is 0 Å². The first-order valence-electron chi connectivity index (χ1n) is 4.07. The van der Waals surface area contributed by atoms with Gasteiger partial charge in [0.2, 0.25) is 0 Å². The van der Waals surface area contributed by atoms with E-state index in [1.807, 2.05) is 0 Å². The van der Waals surface area contributed by atoms with Crippen molar-refractivity contribution in [1.82, 2.24) is 0 Å². The Balaban J connectivity index is 0.000000162. The monoisotopic (exact) mass is 146 g/mol. The smallest absolute Gasteiger partial charge is 0.0807 e. The topological polar surface area (TPSA) is 32.8 Å². The fourth-order valence-corrected chi connectivity index (χ4v) is 0.462. The van der Waals surface area contributed by atoms with Crippen molar-refractivity contribution in [2.75, 3.05) is 13.2 Å². The molecule has 1 atom stereocenters. The van der Waals surface area contributed by atoms with Gasteiger partial charge in [-0.05, 0) is 12.8 Å². The first-order valence-corrected chi connectivity index (χ1v) is 4.07. The fraction of sp³-hybridized carbons (Fsp3) is 1.00. The lowest BCUT2D eigenvalue weighted by Gasteiger charge is -1.79. The highest BCUT2D eigenvalue weighted by Crippen LogP contribution is 2.10. The molecule has 2 nitrogen and oxygen atoms in total. The fourth-order valence-electron chi connectivity index (χ4n) is 0.462. The molecule has 0 bridgehead atoms. The molecule has 0 aromatic heterocycles. The van der Waals surface area contributed by atoms with E-state index in [9.17, 15) is 0 Å². The van der Waals surface area contributed by atoms with Gasteiger partial charge in [0.05, 0.1) is 12.7 Å². The van der Waals surface area contributed by atoms with Gasteiger partial charge in [-0.15, -0.1) is 0 Å². The van der Waals surface area contributed by atoms with E-state index in [1.54, 1.807) is 0 Å². The molecule has 0 radical (unpaired) electrons. The number of aliphatic hydroxyl groups excluding tert-OH is 1. The molecular weight excluding hydrogens is 128 g/mol. The maximum absolute atomic E-state index is 8.07. The van der Waals surface area contributed by atoms with Crippen LogP contribution >= 0.6 is 0 Å². The van der Waals surface area contributed by atoms with Crippen LogP contribution in [-0.4, -0.2) is 24.4 Å². The van der Waals surface area contributed by atoms with Gasteiger partial charge in [-0.1, -0.05) is 20.3 Å². The molecule has 0 spiro atoms. The summed E-state index contributed by atoms with van der Waals surface area (Å²) in [7, 11) is 0. The van der Waals surface area contributed by atoms with Crippen molar-refractivity contribution < 1.29 is 9.84 Å². The maximum Gasteiger partial charge on any atom is 0.0807 e. The summed E-state index contributed by atoms with van der Waals surface area (Å²) in [5, 5.41) is 8.07. The number of rotatable bonds is 3. The van der Waals surface area contributed by atoms with Gasteiger partial charge in [0.25, 0.3) is 0 Å². The minimum Gasteiger partial charge on any atom is -0.396 e. The molecule has 0 aromatic carbocycles. The summed E-state index contributed by atoms with van der Waals surface area (Å²) in [6.07, 6.45) is 3.87. The SMILES string of the molecule is CCC1CO1.CCCCO. The van der Waals surface area contributed by atoms with Gasteiger partial charge in [-0.3, -0.25) is 0 Å². The Labute approximate surface area is 63.2 Å². The van der Waals surface area contributed by atoms with E-state index in [0.29, 0.717) is 12.7 Å². The van der Waals surface area contributed by atoms with Crippen LogP contribution in [0.15, 0.2) is 0 Å². The first kappa shape index (κ1) is 9.92. The molecule has 1 saturated heterocycles. The maximum atomic E-state index is 8.07. The van der Waals surface area contributed by atoms with E-state index in [4.69, 9.17) is 9.84 Å². The molecule has 10 heavy (non-hydrogen) atoms. The van der Waals surface area contributed by atoms with Crippen LogP contribution in [0, 0.1) is 0 Å². The third kappa shape index (κ3) is 7.92. The van der Waals surface area contributed by atoms with Crippen LogP contribution in [0.1, 0.15) is 33.1 Å². The molecule has 2 heteroatoms.